The summed E-state index contributed by atoms with van der Waals surface area (Å²) in [7, 11) is 0. The second-order valence-corrected chi connectivity index (χ2v) is 6.14. The highest BCUT2D eigenvalue weighted by molar-refractivity contribution is 5.78. The van der Waals surface area contributed by atoms with Crippen LogP contribution in [0.25, 0.3) is 0 Å². The fourth-order valence-corrected chi connectivity index (χ4v) is 3.43. The standard InChI is InChI=1S/C14H26N2O/c1-3-11(2)13(17)16-6-4-14(5-7-16)8-12(9-14)10-15/h11-12H,3-10,15H2,1-2H3. The second-order valence-electron chi connectivity index (χ2n) is 6.14. The van der Waals surface area contributed by atoms with E-state index < -0.39 is 0 Å². The van der Waals surface area contributed by atoms with Crippen LogP contribution >= 0.6 is 0 Å². The molecule has 0 aromatic rings. The van der Waals surface area contributed by atoms with E-state index in [1.165, 1.54) is 25.7 Å². The lowest BCUT2D eigenvalue weighted by Crippen LogP contribution is -2.50. The van der Waals surface area contributed by atoms with Gasteiger partial charge in [-0.3, -0.25) is 4.79 Å². The summed E-state index contributed by atoms with van der Waals surface area (Å²) in [6, 6.07) is 0. The van der Waals surface area contributed by atoms with Crippen LogP contribution in [0.5, 0.6) is 0 Å². The summed E-state index contributed by atoms with van der Waals surface area (Å²) < 4.78 is 0. The first-order chi connectivity index (χ1) is 8.10. The van der Waals surface area contributed by atoms with E-state index in [0.29, 0.717) is 11.3 Å². The average molecular weight is 238 g/mol. The number of rotatable bonds is 3. The molecule has 2 aliphatic rings. The molecule has 1 spiro atoms. The predicted molar refractivity (Wildman–Crippen MR) is 69.5 cm³/mol. The van der Waals surface area contributed by atoms with Gasteiger partial charge in [-0.05, 0) is 50.0 Å². The minimum atomic E-state index is 0.197. The Labute approximate surface area is 105 Å². The Kier molecular flexibility index (Phi) is 3.76. The van der Waals surface area contributed by atoms with Gasteiger partial charge in [0.25, 0.3) is 0 Å². The lowest BCUT2D eigenvalue weighted by atomic mass is 9.57. The normalized spacial score (nSPS) is 25.7. The topological polar surface area (TPSA) is 46.3 Å². The number of hydrogen-bond donors (Lipinski definition) is 1. The van der Waals surface area contributed by atoms with Gasteiger partial charge >= 0.3 is 0 Å². The van der Waals surface area contributed by atoms with Gasteiger partial charge in [-0.15, -0.1) is 0 Å². The van der Waals surface area contributed by atoms with E-state index in [0.717, 1.165) is 32.0 Å². The molecule has 1 atom stereocenters. The van der Waals surface area contributed by atoms with Crippen LogP contribution in [-0.2, 0) is 4.79 Å². The monoisotopic (exact) mass is 238 g/mol. The third kappa shape index (κ3) is 2.49. The van der Waals surface area contributed by atoms with E-state index in [2.05, 4.69) is 11.8 Å². The van der Waals surface area contributed by atoms with E-state index in [1.807, 2.05) is 6.92 Å². The number of carbonyl (C=O) groups excluding carboxylic acids is 1. The maximum Gasteiger partial charge on any atom is 0.225 e. The molecule has 3 heteroatoms. The van der Waals surface area contributed by atoms with Crippen LogP contribution in [0.3, 0.4) is 0 Å². The lowest BCUT2D eigenvalue weighted by molar-refractivity contribution is -0.139. The number of nitrogens with two attached hydrogens (primary N) is 1. The van der Waals surface area contributed by atoms with Gasteiger partial charge in [0.15, 0.2) is 0 Å². The summed E-state index contributed by atoms with van der Waals surface area (Å²) in [5.41, 5.74) is 6.24. The first-order valence-electron chi connectivity index (χ1n) is 7.09. The Hall–Kier alpha value is -0.570. The van der Waals surface area contributed by atoms with Crippen LogP contribution < -0.4 is 5.73 Å². The Morgan fingerprint density at radius 2 is 2.00 bits per heavy atom. The highest BCUT2D eigenvalue weighted by Gasteiger charge is 2.45. The third-order valence-electron chi connectivity index (χ3n) is 4.95. The molecule has 0 aromatic heterocycles. The lowest BCUT2D eigenvalue weighted by Gasteiger charge is -2.52. The Balaban J connectivity index is 1.81. The smallest absolute Gasteiger partial charge is 0.225 e. The molecule has 1 aliphatic carbocycles. The number of hydrogen-bond acceptors (Lipinski definition) is 2. The van der Waals surface area contributed by atoms with E-state index in [-0.39, 0.29) is 5.92 Å². The molecular weight excluding hydrogens is 212 g/mol. The quantitative estimate of drug-likeness (QED) is 0.817. The SMILES string of the molecule is CCC(C)C(=O)N1CCC2(CC1)CC(CN)C2. The summed E-state index contributed by atoms with van der Waals surface area (Å²) in [6.45, 7) is 6.92. The molecule has 1 unspecified atom stereocenters. The number of carbonyl (C=O) groups is 1. The van der Waals surface area contributed by atoms with Crippen molar-refractivity contribution < 1.29 is 4.79 Å². The molecule has 0 radical (unpaired) electrons. The van der Waals surface area contributed by atoms with Gasteiger partial charge in [0.05, 0.1) is 0 Å². The van der Waals surface area contributed by atoms with Gasteiger partial charge in [-0.1, -0.05) is 13.8 Å². The molecule has 0 aromatic carbocycles. The number of piperidine rings is 1. The van der Waals surface area contributed by atoms with Crippen LogP contribution in [0.4, 0.5) is 0 Å². The summed E-state index contributed by atoms with van der Waals surface area (Å²) in [5.74, 6) is 1.31. The molecule has 17 heavy (non-hydrogen) atoms. The molecule has 1 aliphatic heterocycles. The van der Waals surface area contributed by atoms with Crippen molar-refractivity contribution in [1.82, 2.24) is 4.90 Å². The summed E-state index contributed by atoms with van der Waals surface area (Å²) in [4.78, 5) is 14.2. The van der Waals surface area contributed by atoms with Gasteiger partial charge in [-0.25, -0.2) is 0 Å². The Morgan fingerprint density at radius 3 is 2.47 bits per heavy atom. The molecule has 1 heterocycles. The summed E-state index contributed by atoms with van der Waals surface area (Å²) in [6.07, 6.45) is 5.96. The van der Waals surface area contributed by atoms with Crippen LogP contribution in [0.15, 0.2) is 0 Å². The first kappa shape index (κ1) is 12.9. The molecular formula is C14H26N2O. The van der Waals surface area contributed by atoms with Crippen molar-refractivity contribution in [1.29, 1.82) is 0 Å². The van der Waals surface area contributed by atoms with Gasteiger partial charge in [0.1, 0.15) is 0 Å². The molecule has 0 bridgehead atoms. The van der Waals surface area contributed by atoms with Crippen molar-refractivity contribution in [2.24, 2.45) is 23.0 Å². The molecule has 3 nitrogen and oxygen atoms in total. The molecule has 1 saturated heterocycles. The van der Waals surface area contributed by atoms with Crippen LogP contribution in [0.2, 0.25) is 0 Å². The maximum absolute atomic E-state index is 12.1. The van der Waals surface area contributed by atoms with Crippen LogP contribution in [0, 0.1) is 17.3 Å². The summed E-state index contributed by atoms with van der Waals surface area (Å²) in [5, 5.41) is 0. The van der Waals surface area contributed by atoms with E-state index in [9.17, 15) is 4.79 Å². The van der Waals surface area contributed by atoms with Gasteiger partial charge in [0.2, 0.25) is 5.91 Å². The second kappa shape index (κ2) is 4.97. The molecule has 1 amide bonds. The van der Waals surface area contributed by atoms with Crippen molar-refractivity contribution in [2.45, 2.75) is 46.0 Å². The first-order valence-corrected chi connectivity index (χ1v) is 7.09. The van der Waals surface area contributed by atoms with Crippen LogP contribution in [0.1, 0.15) is 46.0 Å². The van der Waals surface area contributed by atoms with Gasteiger partial charge < -0.3 is 10.6 Å². The highest BCUT2D eigenvalue weighted by atomic mass is 16.2. The molecule has 2 N–H and O–H groups in total. The third-order valence-corrected chi connectivity index (χ3v) is 4.95. The number of nitrogens with zero attached hydrogens (tertiary/aromatic N) is 1. The fourth-order valence-electron chi connectivity index (χ4n) is 3.43. The predicted octanol–water partition coefficient (Wildman–Crippen LogP) is 2.01. The summed E-state index contributed by atoms with van der Waals surface area (Å²) >= 11 is 0. The molecule has 1 saturated carbocycles. The fraction of sp³-hybridized carbons (Fsp3) is 0.929. The van der Waals surface area contributed by atoms with E-state index in [4.69, 9.17) is 5.73 Å². The van der Waals surface area contributed by atoms with Crippen LogP contribution in [-0.4, -0.2) is 30.4 Å². The van der Waals surface area contributed by atoms with E-state index in [1.54, 1.807) is 0 Å². The minimum absolute atomic E-state index is 0.197. The molecule has 2 fully saturated rings. The van der Waals surface area contributed by atoms with Gasteiger partial charge in [0, 0.05) is 19.0 Å². The number of amides is 1. The van der Waals surface area contributed by atoms with E-state index >= 15 is 0 Å². The molecule has 98 valence electrons. The van der Waals surface area contributed by atoms with Gasteiger partial charge in [-0.2, -0.15) is 0 Å². The Bertz CT molecular complexity index is 274. The largest absolute Gasteiger partial charge is 0.342 e. The van der Waals surface area contributed by atoms with Crippen molar-refractivity contribution >= 4 is 5.91 Å². The zero-order valence-corrected chi connectivity index (χ0v) is 11.2. The highest BCUT2D eigenvalue weighted by Crippen LogP contribution is 2.52. The molecule has 2 rings (SSSR count). The van der Waals surface area contributed by atoms with Crippen molar-refractivity contribution in [3.8, 4) is 0 Å². The Morgan fingerprint density at radius 1 is 1.41 bits per heavy atom. The van der Waals surface area contributed by atoms with Crippen molar-refractivity contribution in [3.05, 3.63) is 0 Å². The van der Waals surface area contributed by atoms with Crippen molar-refractivity contribution in [3.63, 3.8) is 0 Å². The number of likely N-dealkylation sites (tertiary alicyclic amines) is 1. The minimum Gasteiger partial charge on any atom is -0.342 e. The average Bonchev–Trinajstić information content (AvgIpc) is 2.34. The van der Waals surface area contributed by atoms with Crippen molar-refractivity contribution in [2.75, 3.05) is 19.6 Å². The zero-order chi connectivity index (χ0) is 12.5. The maximum atomic E-state index is 12.1. The zero-order valence-electron chi connectivity index (χ0n) is 11.2.